The van der Waals surface area contributed by atoms with Crippen LogP contribution in [0.1, 0.15) is 23.3 Å². The second kappa shape index (κ2) is 7.13. The minimum Gasteiger partial charge on any atom is -0.373 e. The number of likely N-dealkylation sites (tertiary alicyclic amines) is 2. The lowest BCUT2D eigenvalue weighted by molar-refractivity contribution is -0.0487. The lowest BCUT2D eigenvalue weighted by Crippen LogP contribution is -2.52. The van der Waals surface area contributed by atoms with Gasteiger partial charge in [0.1, 0.15) is 5.69 Å². The molecule has 7 nitrogen and oxygen atoms in total. The largest absolute Gasteiger partial charge is 0.373 e. The van der Waals surface area contributed by atoms with Crippen LogP contribution in [0.3, 0.4) is 0 Å². The summed E-state index contributed by atoms with van der Waals surface area (Å²) >= 11 is 0. The molecule has 4 heterocycles. The maximum atomic E-state index is 12.6. The van der Waals surface area contributed by atoms with Crippen molar-refractivity contribution < 1.29 is 9.53 Å². The standard InChI is InChI=1S/C17H25N5O2/c23-17(14-11-18-3-4-19-14)22-12-15-16(13-22)24-10-9-21(15)8-7-20-5-1-2-6-20/h3-4,11,15-16H,1-2,5-10,12-13H2/t15-,16+/m1/s1. The highest BCUT2D eigenvalue weighted by Gasteiger charge is 2.42. The molecule has 0 spiro atoms. The van der Waals surface area contributed by atoms with Gasteiger partial charge in [-0.05, 0) is 25.9 Å². The Balaban J connectivity index is 1.37. The lowest BCUT2D eigenvalue weighted by Gasteiger charge is -2.37. The van der Waals surface area contributed by atoms with Crippen molar-refractivity contribution in [3.63, 3.8) is 0 Å². The van der Waals surface area contributed by atoms with Crippen LogP contribution in [-0.2, 0) is 4.74 Å². The van der Waals surface area contributed by atoms with E-state index in [9.17, 15) is 4.79 Å². The number of hydrogen-bond donors (Lipinski definition) is 0. The highest BCUT2D eigenvalue weighted by atomic mass is 16.5. The summed E-state index contributed by atoms with van der Waals surface area (Å²) in [5.74, 6) is -0.0411. The molecule has 4 rings (SSSR count). The van der Waals surface area contributed by atoms with Crippen molar-refractivity contribution in [3.8, 4) is 0 Å². The number of hydrogen-bond acceptors (Lipinski definition) is 6. The third kappa shape index (κ3) is 3.29. The van der Waals surface area contributed by atoms with Gasteiger partial charge in [0.25, 0.3) is 5.91 Å². The third-order valence-electron chi connectivity index (χ3n) is 5.39. The Hall–Kier alpha value is -1.57. The summed E-state index contributed by atoms with van der Waals surface area (Å²) in [5, 5.41) is 0. The number of ether oxygens (including phenoxy) is 1. The van der Waals surface area contributed by atoms with Gasteiger partial charge in [0, 0.05) is 45.1 Å². The van der Waals surface area contributed by atoms with Crippen molar-refractivity contribution >= 4 is 5.91 Å². The van der Waals surface area contributed by atoms with Crippen LogP contribution in [0.5, 0.6) is 0 Å². The Morgan fingerprint density at radius 2 is 2.04 bits per heavy atom. The van der Waals surface area contributed by atoms with Crippen LogP contribution in [0, 0.1) is 0 Å². The second-order valence-electron chi connectivity index (χ2n) is 6.86. The van der Waals surface area contributed by atoms with Gasteiger partial charge < -0.3 is 14.5 Å². The Kier molecular flexibility index (Phi) is 4.73. The highest BCUT2D eigenvalue weighted by Crippen LogP contribution is 2.24. The summed E-state index contributed by atoms with van der Waals surface area (Å²) in [7, 11) is 0. The van der Waals surface area contributed by atoms with E-state index in [0.29, 0.717) is 18.3 Å². The van der Waals surface area contributed by atoms with Crippen molar-refractivity contribution in [3.05, 3.63) is 24.3 Å². The van der Waals surface area contributed by atoms with Gasteiger partial charge in [0.2, 0.25) is 0 Å². The van der Waals surface area contributed by atoms with Crippen LogP contribution in [0.4, 0.5) is 0 Å². The van der Waals surface area contributed by atoms with E-state index in [-0.39, 0.29) is 12.0 Å². The maximum absolute atomic E-state index is 12.6. The Labute approximate surface area is 142 Å². The smallest absolute Gasteiger partial charge is 0.274 e. The van der Waals surface area contributed by atoms with E-state index in [1.807, 2.05) is 4.90 Å². The number of fused-ring (bicyclic) bond motifs is 1. The first-order valence-corrected chi connectivity index (χ1v) is 8.94. The minimum atomic E-state index is -0.0411. The molecule has 1 aromatic rings. The lowest BCUT2D eigenvalue weighted by atomic mass is 10.1. The zero-order valence-corrected chi connectivity index (χ0v) is 14.0. The van der Waals surface area contributed by atoms with E-state index >= 15 is 0 Å². The van der Waals surface area contributed by atoms with Crippen molar-refractivity contribution in [2.75, 3.05) is 52.4 Å². The van der Waals surface area contributed by atoms with Gasteiger partial charge in [-0.3, -0.25) is 14.7 Å². The zero-order chi connectivity index (χ0) is 16.4. The van der Waals surface area contributed by atoms with Gasteiger partial charge in [-0.2, -0.15) is 0 Å². The van der Waals surface area contributed by atoms with Gasteiger partial charge in [-0.1, -0.05) is 0 Å². The normalized spacial score (nSPS) is 28.2. The molecule has 0 unspecified atom stereocenters. The second-order valence-corrected chi connectivity index (χ2v) is 6.86. The van der Waals surface area contributed by atoms with Crippen LogP contribution in [0.15, 0.2) is 18.6 Å². The average Bonchev–Trinajstić information content (AvgIpc) is 3.29. The first-order chi connectivity index (χ1) is 11.8. The molecule has 0 saturated carbocycles. The molecule has 0 bridgehead atoms. The molecule has 0 N–H and O–H groups in total. The monoisotopic (exact) mass is 331 g/mol. The number of carbonyl (C=O) groups excluding carboxylic acids is 1. The third-order valence-corrected chi connectivity index (χ3v) is 5.39. The van der Waals surface area contributed by atoms with Crippen LogP contribution in [0.2, 0.25) is 0 Å². The number of aromatic nitrogens is 2. The molecule has 2 atom stereocenters. The molecule has 1 aromatic heterocycles. The molecule has 7 heteroatoms. The molecule has 3 aliphatic rings. The first-order valence-electron chi connectivity index (χ1n) is 8.94. The van der Waals surface area contributed by atoms with E-state index in [4.69, 9.17) is 4.74 Å². The van der Waals surface area contributed by atoms with Gasteiger partial charge in [-0.25, -0.2) is 4.98 Å². The first kappa shape index (κ1) is 15.9. The molecular formula is C17H25N5O2. The molecule has 130 valence electrons. The molecule has 0 radical (unpaired) electrons. The summed E-state index contributed by atoms with van der Waals surface area (Å²) in [6, 6.07) is 0.307. The summed E-state index contributed by atoms with van der Waals surface area (Å²) in [6.45, 7) is 7.75. The summed E-state index contributed by atoms with van der Waals surface area (Å²) in [5.41, 5.74) is 0.416. The fourth-order valence-electron chi connectivity index (χ4n) is 4.05. The number of amides is 1. The molecule has 3 aliphatic heterocycles. The van der Waals surface area contributed by atoms with Gasteiger partial charge in [0.05, 0.1) is 24.9 Å². The van der Waals surface area contributed by atoms with E-state index < -0.39 is 0 Å². The summed E-state index contributed by atoms with van der Waals surface area (Å²) < 4.78 is 5.94. The van der Waals surface area contributed by atoms with Crippen LogP contribution in [-0.4, -0.2) is 95.1 Å². The predicted octanol–water partition coefficient (Wildman–Crippen LogP) is 0.0976. The Morgan fingerprint density at radius 3 is 2.83 bits per heavy atom. The molecule has 3 saturated heterocycles. The Bertz CT molecular complexity index is 563. The molecule has 0 aliphatic carbocycles. The van der Waals surface area contributed by atoms with Crippen molar-refractivity contribution in [1.82, 2.24) is 24.7 Å². The zero-order valence-electron chi connectivity index (χ0n) is 14.0. The quantitative estimate of drug-likeness (QED) is 0.780. The number of carbonyl (C=O) groups is 1. The van der Waals surface area contributed by atoms with Gasteiger partial charge in [-0.15, -0.1) is 0 Å². The predicted molar refractivity (Wildman–Crippen MR) is 88.7 cm³/mol. The maximum Gasteiger partial charge on any atom is 0.274 e. The number of rotatable bonds is 4. The molecular weight excluding hydrogens is 306 g/mol. The summed E-state index contributed by atoms with van der Waals surface area (Å²) in [6.07, 6.45) is 7.47. The van der Waals surface area contributed by atoms with Crippen LogP contribution < -0.4 is 0 Å². The van der Waals surface area contributed by atoms with Crippen molar-refractivity contribution in [2.24, 2.45) is 0 Å². The van der Waals surface area contributed by atoms with E-state index in [1.165, 1.54) is 32.1 Å². The van der Waals surface area contributed by atoms with E-state index in [1.54, 1.807) is 12.4 Å². The topological polar surface area (TPSA) is 61.8 Å². The van der Waals surface area contributed by atoms with E-state index in [2.05, 4.69) is 19.8 Å². The minimum absolute atomic E-state index is 0.0411. The number of morpholine rings is 1. The Morgan fingerprint density at radius 1 is 1.17 bits per heavy atom. The van der Waals surface area contributed by atoms with Crippen LogP contribution in [0.25, 0.3) is 0 Å². The van der Waals surface area contributed by atoms with E-state index in [0.717, 1.165) is 32.8 Å². The van der Waals surface area contributed by atoms with Crippen molar-refractivity contribution in [1.29, 1.82) is 0 Å². The number of nitrogens with zero attached hydrogens (tertiary/aromatic N) is 5. The SMILES string of the molecule is O=C(c1cnccn1)N1C[C@@H]2OCCN(CCN3CCCC3)[C@@H]2C1. The van der Waals surface area contributed by atoms with Gasteiger partial charge in [0.15, 0.2) is 0 Å². The van der Waals surface area contributed by atoms with Crippen molar-refractivity contribution in [2.45, 2.75) is 25.0 Å². The van der Waals surface area contributed by atoms with Crippen LogP contribution >= 0.6 is 0 Å². The molecule has 3 fully saturated rings. The summed E-state index contributed by atoms with van der Waals surface area (Å²) in [4.78, 5) is 27.7. The fraction of sp³-hybridized carbons (Fsp3) is 0.706. The fourth-order valence-corrected chi connectivity index (χ4v) is 4.05. The average molecular weight is 331 g/mol. The van der Waals surface area contributed by atoms with Gasteiger partial charge >= 0.3 is 0 Å². The molecule has 1 amide bonds. The highest BCUT2D eigenvalue weighted by molar-refractivity contribution is 5.92. The molecule has 0 aromatic carbocycles. The molecule has 24 heavy (non-hydrogen) atoms.